The highest BCUT2D eigenvalue weighted by Gasteiger charge is 2.14. The van der Waals surface area contributed by atoms with Crippen molar-refractivity contribution in [2.24, 2.45) is 0 Å². The number of hydrogen-bond donors (Lipinski definition) is 2. The smallest absolute Gasteiger partial charge is 0.271 e. The number of thioether (sulfide) groups is 1. The van der Waals surface area contributed by atoms with E-state index < -0.39 is 5.91 Å². The number of halogens is 1. The van der Waals surface area contributed by atoms with Gasteiger partial charge in [-0.2, -0.15) is 0 Å². The molecule has 0 spiro atoms. The average Bonchev–Trinajstić information content (AvgIpc) is 2.61. The first-order chi connectivity index (χ1) is 12.0. The maximum Gasteiger partial charge on any atom is 0.271 e. The van der Waals surface area contributed by atoms with Crippen molar-refractivity contribution in [3.05, 3.63) is 52.3 Å². The summed E-state index contributed by atoms with van der Waals surface area (Å²) >= 11 is 7.26. The normalized spacial score (nSPS) is 10.4. The highest BCUT2D eigenvalue weighted by molar-refractivity contribution is 7.98. The fourth-order valence-corrected chi connectivity index (χ4v) is 2.49. The molecule has 132 valence electrons. The van der Waals surface area contributed by atoms with Gasteiger partial charge < -0.3 is 10.6 Å². The van der Waals surface area contributed by atoms with Crippen LogP contribution in [0.1, 0.15) is 28.0 Å². The summed E-state index contributed by atoms with van der Waals surface area (Å²) in [4.78, 5) is 32.0. The predicted octanol–water partition coefficient (Wildman–Crippen LogP) is 2.60. The predicted molar refractivity (Wildman–Crippen MR) is 98.8 cm³/mol. The minimum atomic E-state index is -0.422. The van der Waals surface area contributed by atoms with Gasteiger partial charge in [-0.1, -0.05) is 53.2 Å². The van der Waals surface area contributed by atoms with Crippen LogP contribution in [0, 0.1) is 6.92 Å². The molecule has 0 fully saturated rings. The fraction of sp³-hybridized carbons (Fsp3) is 0.294. The Hall–Kier alpha value is -2.12. The first-order valence-corrected chi connectivity index (χ1v) is 9.27. The van der Waals surface area contributed by atoms with Gasteiger partial charge >= 0.3 is 0 Å². The van der Waals surface area contributed by atoms with Crippen LogP contribution in [-0.4, -0.2) is 34.6 Å². The van der Waals surface area contributed by atoms with E-state index in [1.807, 2.05) is 37.4 Å². The van der Waals surface area contributed by atoms with E-state index in [0.717, 1.165) is 5.56 Å². The SMILES string of the molecule is CSc1ncc(Cl)c(C(=O)NCCC(=O)NCc2ccc(C)cc2)n1. The molecule has 6 nitrogen and oxygen atoms in total. The van der Waals surface area contributed by atoms with Gasteiger partial charge in [0, 0.05) is 19.5 Å². The van der Waals surface area contributed by atoms with Crippen molar-refractivity contribution in [2.75, 3.05) is 12.8 Å². The number of hydrogen-bond acceptors (Lipinski definition) is 5. The molecule has 2 rings (SSSR count). The molecule has 25 heavy (non-hydrogen) atoms. The molecule has 1 heterocycles. The monoisotopic (exact) mass is 378 g/mol. The van der Waals surface area contributed by atoms with Crippen molar-refractivity contribution < 1.29 is 9.59 Å². The van der Waals surface area contributed by atoms with E-state index in [4.69, 9.17) is 11.6 Å². The summed E-state index contributed by atoms with van der Waals surface area (Å²) in [5.41, 5.74) is 2.31. The van der Waals surface area contributed by atoms with Gasteiger partial charge in [-0.25, -0.2) is 9.97 Å². The molecule has 0 unspecified atom stereocenters. The van der Waals surface area contributed by atoms with Gasteiger partial charge in [0.05, 0.1) is 11.2 Å². The van der Waals surface area contributed by atoms with Crippen LogP contribution in [0.3, 0.4) is 0 Å². The van der Waals surface area contributed by atoms with Crippen molar-refractivity contribution >= 4 is 35.2 Å². The highest BCUT2D eigenvalue weighted by Crippen LogP contribution is 2.16. The van der Waals surface area contributed by atoms with E-state index in [9.17, 15) is 9.59 Å². The van der Waals surface area contributed by atoms with Crippen molar-refractivity contribution in [2.45, 2.75) is 25.0 Å². The van der Waals surface area contributed by atoms with E-state index in [1.54, 1.807) is 0 Å². The molecule has 0 aliphatic carbocycles. The summed E-state index contributed by atoms with van der Waals surface area (Å²) in [5, 5.41) is 6.10. The summed E-state index contributed by atoms with van der Waals surface area (Å²) < 4.78 is 0. The van der Waals surface area contributed by atoms with Crippen LogP contribution in [0.2, 0.25) is 5.02 Å². The molecule has 2 aromatic rings. The molecule has 0 saturated carbocycles. The van der Waals surface area contributed by atoms with Crippen molar-refractivity contribution in [3.8, 4) is 0 Å². The van der Waals surface area contributed by atoms with E-state index in [-0.39, 0.29) is 29.6 Å². The molecule has 1 aromatic carbocycles. The average molecular weight is 379 g/mol. The van der Waals surface area contributed by atoms with Gasteiger partial charge in [0.15, 0.2) is 10.9 Å². The lowest BCUT2D eigenvalue weighted by molar-refractivity contribution is -0.121. The summed E-state index contributed by atoms with van der Waals surface area (Å²) in [7, 11) is 0. The lowest BCUT2D eigenvalue weighted by Crippen LogP contribution is -2.31. The molecule has 1 aromatic heterocycles. The molecule has 2 amide bonds. The molecule has 0 saturated heterocycles. The van der Waals surface area contributed by atoms with Crippen molar-refractivity contribution in [1.29, 1.82) is 0 Å². The Morgan fingerprint density at radius 2 is 1.92 bits per heavy atom. The Bertz CT molecular complexity index is 753. The van der Waals surface area contributed by atoms with Gasteiger partial charge in [0.2, 0.25) is 5.91 Å². The van der Waals surface area contributed by atoms with E-state index >= 15 is 0 Å². The third kappa shape index (κ3) is 6.03. The summed E-state index contributed by atoms with van der Waals surface area (Å²) in [6.07, 6.45) is 3.38. The topological polar surface area (TPSA) is 84.0 Å². The molecule has 8 heteroatoms. The summed E-state index contributed by atoms with van der Waals surface area (Å²) in [6.45, 7) is 2.67. The number of nitrogens with zero attached hydrogens (tertiary/aromatic N) is 2. The number of aromatic nitrogens is 2. The van der Waals surface area contributed by atoms with Crippen LogP contribution in [0.25, 0.3) is 0 Å². The van der Waals surface area contributed by atoms with E-state index in [0.29, 0.717) is 11.7 Å². The Morgan fingerprint density at radius 3 is 2.60 bits per heavy atom. The molecule has 0 radical (unpaired) electrons. The molecule has 0 bridgehead atoms. The van der Waals surface area contributed by atoms with Crippen molar-refractivity contribution in [1.82, 2.24) is 20.6 Å². The second-order valence-corrected chi connectivity index (χ2v) is 6.50. The van der Waals surface area contributed by atoms with Gasteiger partial charge in [-0.15, -0.1) is 0 Å². The Kier molecular flexibility index (Phi) is 7.21. The number of amides is 2. The third-order valence-corrected chi connectivity index (χ3v) is 4.21. The maximum atomic E-state index is 12.1. The second-order valence-electron chi connectivity index (χ2n) is 5.32. The van der Waals surface area contributed by atoms with Gasteiger partial charge in [0.1, 0.15) is 0 Å². The van der Waals surface area contributed by atoms with Crippen LogP contribution >= 0.6 is 23.4 Å². The van der Waals surface area contributed by atoms with Crippen LogP contribution < -0.4 is 10.6 Å². The molecular formula is C17H19ClN4O2S. The number of benzene rings is 1. The molecule has 0 atom stereocenters. The standard InChI is InChI=1S/C17H19ClN4O2S/c1-11-3-5-12(6-4-11)9-20-14(23)7-8-19-16(24)15-13(18)10-21-17(22-15)25-2/h3-6,10H,7-9H2,1-2H3,(H,19,24)(H,20,23). The number of nitrogens with one attached hydrogen (secondary N) is 2. The number of carbonyl (C=O) groups is 2. The van der Waals surface area contributed by atoms with Crippen LogP contribution in [0.5, 0.6) is 0 Å². The van der Waals surface area contributed by atoms with Crippen molar-refractivity contribution in [3.63, 3.8) is 0 Å². The molecular weight excluding hydrogens is 360 g/mol. The number of aryl methyl sites for hydroxylation is 1. The number of carbonyl (C=O) groups excluding carboxylic acids is 2. The maximum absolute atomic E-state index is 12.1. The zero-order valence-electron chi connectivity index (χ0n) is 14.0. The quantitative estimate of drug-likeness (QED) is 0.571. The van der Waals surface area contributed by atoms with Crippen LogP contribution in [-0.2, 0) is 11.3 Å². The molecule has 2 N–H and O–H groups in total. The fourth-order valence-electron chi connectivity index (χ4n) is 1.98. The highest BCUT2D eigenvalue weighted by atomic mass is 35.5. The van der Waals surface area contributed by atoms with Crippen LogP contribution in [0.4, 0.5) is 0 Å². The third-order valence-electron chi connectivity index (χ3n) is 3.37. The Morgan fingerprint density at radius 1 is 1.20 bits per heavy atom. The first kappa shape index (κ1) is 19.2. The Balaban J connectivity index is 1.77. The van der Waals surface area contributed by atoms with Gasteiger partial charge in [-0.05, 0) is 18.7 Å². The minimum Gasteiger partial charge on any atom is -0.352 e. The summed E-state index contributed by atoms with van der Waals surface area (Å²) in [6, 6.07) is 7.93. The summed E-state index contributed by atoms with van der Waals surface area (Å²) in [5.74, 6) is -0.562. The zero-order chi connectivity index (χ0) is 18.2. The largest absolute Gasteiger partial charge is 0.352 e. The first-order valence-electron chi connectivity index (χ1n) is 7.66. The van der Waals surface area contributed by atoms with Gasteiger partial charge in [-0.3, -0.25) is 9.59 Å². The lowest BCUT2D eigenvalue weighted by Gasteiger charge is -2.08. The van der Waals surface area contributed by atoms with E-state index in [2.05, 4.69) is 20.6 Å². The van der Waals surface area contributed by atoms with E-state index in [1.165, 1.54) is 23.5 Å². The number of rotatable bonds is 7. The Labute approximate surface area is 155 Å². The molecule has 0 aliphatic rings. The zero-order valence-corrected chi connectivity index (χ0v) is 15.6. The van der Waals surface area contributed by atoms with Crippen LogP contribution in [0.15, 0.2) is 35.6 Å². The lowest BCUT2D eigenvalue weighted by atomic mass is 10.1. The second kappa shape index (κ2) is 9.39. The molecule has 0 aliphatic heterocycles. The van der Waals surface area contributed by atoms with Gasteiger partial charge in [0.25, 0.3) is 5.91 Å². The minimum absolute atomic E-state index is 0.112.